The van der Waals surface area contributed by atoms with Crippen LogP contribution < -0.4 is 4.74 Å². The lowest BCUT2D eigenvalue weighted by Crippen LogP contribution is -2.35. The van der Waals surface area contributed by atoms with Crippen molar-refractivity contribution in [1.29, 1.82) is 0 Å². The summed E-state index contributed by atoms with van der Waals surface area (Å²) in [5.41, 5.74) is 3.45. The average Bonchev–Trinajstić information content (AvgIpc) is 3.38. The lowest BCUT2D eigenvalue weighted by molar-refractivity contribution is 0.00172. The van der Waals surface area contributed by atoms with Gasteiger partial charge in [-0.2, -0.15) is 0 Å². The van der Waals surface area contributed by atoms with E-state index in [-0.39, 0.29) is 0 Å². The number of hydrogen-bond acceptors (Lipinski definition) is 8. The van der Waals surface area contributed by atoms with Gasteiger partial charge in [0.2, 0.25) is 5.88 Å². The number of pyridine rings is 2. The highest BCUT2D eigenvalue weighted by molar-refractivity contribution is 9.10. The fourth-order valence-corrected chi connectivity index (χ4v) is 7.86. The van der Waals surface area contributed by atoms with Gasteiger partial charge in [-0.15, -0.1) is 0 Å². The van der Waals surface area contributed by atoms with Crippen molar-refractivity contribution in [2.75, 3.05) is 32.4 Å². The van der Waals surface area contributed by atoms with E-state index in [0.29, 0.717) is 19.3 Å². The predicted octanol–water partition coefficient (Wildman–Crippen LogP) is 8.28. The SMILES string of the molecule is C[Si](C)(C)CCOCN(COCC[Si](C)(C)C)C1=NC2(CS1)c1cc(-c3cccnc3)ccc1Oc1ncc(Br)cc12. The maximum Gasteiger partial charge on any atom is 0.225 e. The second-order valence-electron chi connectivity index (χ2n) is 13.3. The molecule has 0 saturated heterocycles. The number of hydrogen-bond donors (Lipinski definition) is 0. The smallest absolute Gasteiger partial charge is 0.225 e. The first-order chi connectivity index (χ1) is 19.9. The highest BCUT2D eigenvalue weighted by Gasteiger charge is 2.48. The molecule has 11 heteroatoms. The molecule has 1 aromatic carbocycles. The summed E-state index contributed by atoms with van der Waals surface area (Å²) in [6.07, 6.45) is 5.46. The molecule has 0 fully saturated rings. The van der Waals surface area contributed by atoms with E-state index in [1.807, 2.05) is 18.3 Å². The third-order valence-corrected chi connectivity index (χ3v) is 12.4. The van der Waals surface area contributed by atoms with Gasteiger partial charge in [-0.1, -0.05) is 63.2 Å². The van der Waals surface area contributed by atoms with Crippen LogP contribution in [0.15, 0.2) is 64.5 Å². The molecule has 0 radical (unpaired) electrons. The van der Waals surface area contributed by atoms with Gasteiger partial charge < -0.3 is 19.1 Å². The van der Waals surface area contributed by atoms with Gasteiger partial charge in [0.1, 0.15) is 24.8 Å². The van der Waals surface area contributed by atoms with Gasteiger partial charge in [0.25, 0.3) is 0 Å². The van der Waals surface area contributed by atoms with E-state index in [2.05, 4.69) is 94.3 Å². The van der Waals surface area contributed by atoms with Gasteiger partial charge in [-0.25, -0.2) is 9.98 Å². The first-order valence-corrected chi connectivity index (χ1v) is 23.6. The third-order valence-electron chi connectivity index (χ3n) is 7.34. The topological polar surface area (TPSA) is 69.1 Å². The fraction of sp³-hybridized carbons (Fsp3) is 0.452. The van der Waals surface area contributed by atoms with Crippen LogP contribution in [0.25, 0.3) is 11.1 Å². The Labute approximate surface area is 264 Å². The lowest BCUT2D eigenvalue weighted by atomic mass is 9.82. The van der Waals surface area contributed by atoms with Crippen LogP contribution in [0, 0.1) is 0 Å². The van der Waals surface area contributed by atoms with Crippen LogP contribution in [0.1, 0.15) is 11.1 Å². The molecule has 3 aromatic rings. The molecule has 2 aliphatic heterocycles. The normalized spacial score (nSPS) is 17.9. The molecule has 0 aliphatic carbocycles. The summed E-state index contributed by atoms with van der Waals surface area (Å²) in [6, 6.07) is 14.7. The number of fused-ring (bicyclic) bond motifs is 4. The van der Waals surface area contributed by atoms with Crippen molar-refractivity contribution in [2.24, 2.45) is 4.99 Å². The van der Waals surface area contributed by atoms with E-state index in [1.54, 1.807) is 24.2 Å². The number of ether oxygens (including phenoxy) is 3. The minimum Gasteiger partial charge on any atom is -0.438 e. The Hall–Kier alpha value is -2.03. The second-order valence-corrected chi connectivity index (χ2v) is 26.4. The van der Waals surface area contributed by atoms with E-state index < -0.39 is 21.7 Å². The molecule has 0 amide bonds. The molecule has 0 saturated carbocycles. The van der Waals surface area contributed by atoms with Crippen molar-refractivity contribution in [3.63, 3.8) is 0 Å². The van der Waals surface area contributed by atoms with Crippen molar-refractivity contribution in [3.05, 3.63) is 70.6 Å². The van der Waals surface area contributed by atoms with Crippen molar-refractivity contribution >= 4 is 49.0 Å². The van der Waals surface area contributed by atoms with Gasteiger partial charge >= 0.3 is 0 Å². The predicted molar refractivity (Wildman–Crippen MR) is 182 cm³/mol. The Morgan fingerprint density at radius 2 is 1.64 bits per heavy atom. The summed E-state index contributed by atoms with van der Waals surface area (Å²) >= 11 is 5.39. The zero-order chi connectivity index (χ0) is 30.0. The Bertz CT molecular complexity index is 1410. The van der Waals surface area contributed by atoms with Gasteiger partial charge in [0, 0.05) is 74.9 Å². The standard InChI is InChI=1S/C31H41BrN4O3SSi2/c1-41(2,3)14-12-37-21-36(22-38-13-15-42(4,5)6)30-35-31(20-40-30)26-16-23(24-8-7-11-33-18-24)9-10-28(26)39-29-27(31)17-25(32)19-34-29/h7-11,16-19H,12-15,20-22H2,1-6H3. The van der Waals surface area contributed by atoms with Crippen LogP contribution in [0.5, 0.6) is 11.6 Å². The van der Waals surface area contributed by atoms with E-state index in [9.17, 15) is 0 Å². The molecular weight excluding hydrogens is 645 g/mol. The highest BCUT2D eigenvalue weighted by Crippen LogP contribution is 2.54. The number of halogens is 1. The quantitative estimate of drug-likeness (QED) is 0.114. The van der Waals surface area contributed by atoms with Crippen LogP contribution in [0.4, 0.5) is 0 Å². The zero-order valence-electron chi connectivity index (χ0n) is 25.4. The summed E-state index contributed by atoms with van der Waals surface area (Å²) in [4.78, 5) is 16.6. The molecular formula is C31H41BrN4O3SSi2. The van der Waals surface area contributed by atoms with Gasteiger partial charge in [0.15, 0.2) is 5.17 Å². The number of rotatable bonds is 11. The van der Waals surface area contributed by atoms with E-state index >= 15 is 0 Å². The van der Waals surface area contributed by atoms with E-state index in [0.717, 1.165) is 68.7 Å². The van der Waals surface area contributed by atoms with Gasteiger partial charge in [-0.05, 0) is 57.8 Å². The Morgan fingerprint density at radius 3 is 2.29 bits per heavy atom. The maximum atomic E-state index is 6.35. The number of thioether (sulfide) groups is 1. The molecule has 4 heterocycles. The Balaban J connectivity index is 1.50. The Kier molecular flexibility index (Phi) is 9.65. The summed E-state index contributed by atoms with van der Waals surface area (Å²) in [5.74, 6) is 2.09. The largest absolute Gasteiger partial charge is 0.438 e. The van der Waals surface area contributed by atoms with Crippen molar-refractivity contribution in [2.45, 2.75) is 56.9 Å². The Morgan fingerprint density at radius 1 is 0.929 bits per heavy atom. The lowest BCUT2D eigenvalue weighted by Gasteiger charge is -2.34. The number of benzene rings is 1. The molecule has 1 atom stereocenters. The van der Waals surface area contributed by atoms with Crippen molar-refractivity contribution in [3.8, 4) is 22.8 Å². The monoisotopic (exact) mass is 684 g/mol. The molecule has 5 rings (SSSR count). The molecule has 2 aromatic heterocycles. The summed E-state index contributed by atoms with van der Waals surface area (Å²) in [7, 11) is -2.40. The molecule has 1 spiro atoms. The third kappa shape index (κ3) is 7.54. The molecule has 7 nitrogen and oxygen atoms in total. The molecule has 0 N–H and O–H groups in total. The maximum absolute atomic E-state index is 6.35. The summed E-state index contributed by atoms with van der Waals surface area (Å²) in [6.45, 7) is 16.6. The number of nitrogens with zero attached hydrogens (tertiary/aromatic N) is 4. The molecule has 0 bridgehead atoms. The van der Waals surface area contributed by atoms with E-state index in [1.165, 1.54) is 0 Å². The van der Waals surface area contributed by atoms with Gasteiger partial charge in [-0.3, -0.25) is 4.98 Å². The fourth-order valence-electron chi connectivity index (χ4n) is 4.80. The first-order valence-electron chi connectivity index (χ1n) is 14.5. The minimum absolute atomic E-state index is 0.446. The molecule has 224 valence electrons. The molecule has 42 heavy (non-hydrogen) atoms. The van der Waals surface area contributed by atoms with Crippen LogP contribution in [0.2, 0.25) is 51.4 Å². The van der Waals surface area contributed by atoms with Crippen LogP contribution in [-0.4, -0.2) is 68.6 Å². The van der Waals surface area contributed by atoms with E-state index in [4.69, 9.17) is 19.2 Å². The minimum atomic E-state index is -1.20. The van der Waals surface area contributed by atoms with Crippen LogP contribution >= 0.6 is 27.7 Å². The first kappa shape index (κ1) is 31.4. The van der Waals surface area contributed by atoms with Crippen LogP contribution in [-0.2, 0) is 15.0 Å². The number of aliphatic imine (C=N–C) groups is 1. The van der Waals surface area contributed by atoms with Crippen molar-refractivity contribution in [1.82, 2.24) is 14.9 Å². The number of aromatic nitrogens is 2. The van der Waals surface area contributed by atoms with Crippen LogP contribution in [0.3, 0.4) is 0 Å². The molecule has 2 aliphatic rings. The average molecular weight is 686 g/mol. The highest BCUT2D eigenvalue weighted by atomic mass is 79.9. The summed E-state index contributed by atoms with van der Waals surface area (Å²) in [5, 5.41) is 0.918. The second kappa shape index (κ2) is 12.9. The van der Waals surface area contributed by atoms with Gasteiger partial charge in [0.05, 0.1) is 0 Å². The van der Waals surface area contributed by atoms with Crippen molar-refractivity contribution < 1.29 is 14.2 Å². The number of amidine groups is 1. The zero-order valence-corrected chi connectivity index (χ0v) is 29.8. The summed E-state index contributed by atoms with van der Waals surface area (Å²) < 4.78 is 19.7. The molecule has 1 unspecified atom stereocenters.